The Labute approximate surface area is 240 Å². The molecule has 0 aliphatic heterocycles. The van der Waals surface area contributed by atoms with Gasteiger partial charge in [-0.25, -0.2) is 9.78 Å². The molecular formula is C32H36N4O3S. The monoisotopic (exact) mass is 556 g/mol. The van der Waals surface area contributed by atoms with Crippen LogP contribution in [-0.4, -0.2) is 53.5 Å². The molecule has 0 radical (unpaired) electrons. The molecule has 0 bridgehead atoms. The minimum atomic E-state index is -0.230. The van der Waals surface area contributed by atoms with Gasteiger partial charge in [0.15, 0.2) is 0 Å². The third-order valence-corrected chi connectivity index (χ3v) is 7.51. The van der Waals surface area contributed by atoms with Crippen LogP contribution in [0.4, 0.5) is 10.5 Å². The Bertz CT molecular complexity index is 1370. The number of urea groups is 1. The number of rotatable bonds is 12. The van der Waals surface area contributed by atoms with E-state index in [2.05, 4.69) is 22.4 Å². The number of hydrogen-bond acceptors (Lipinski definition) is 5. The van der Waals surface area contributed by atoms with Crippen LogP contribution in [0, 0.1) is 13.8 Å². The number of thiazole rings is 1. The van der Waals surface area contributed by atoms with E-state index in [-0.39, 0.29) is 18.5 Å². The summed E-state index contributed by atoms with van der Waals surface area (Å²) in [6.07, 6.45) is 0.750. The minimum Gasteiger partial charge on any atom is -0.383 e. The fourth-order valence-electron chi connectivity index (χ4n) is 4.42. The summed E-state index contributed by atoms with van der Waals surface area (Å²) in [6.45, 7) is 6.08. The van der Waals surface area contributed by atoms with Gasteiger partial charge in [0.1, 0.15) is 10.7 Å². The van der Waals surface area contributed by atoms with Crippen molar-refractivity contribution in [3.05, 3.63) is 117 Å². The van der Waals surface area contributed by atoms with Crippen LogP contribution in [0.1, 0.15) is 37.7 Å². The largest absolute Gasteiger partial charge is 0.383 e. The Morgan fingerprint density at radius 3 is 2.12 bits per heavy atom. The van der Waals surface area contributed by atoms with E-state index in [1.807, 2.05) is 85.5 Å². The molecule has 0 aliphatic carbocycles. The van der Waals surface area contributed by atoms with E-state index < -0.39 is 0 Å². The Hall–Kier alpha value is -4.01. The molecule has 3 amide bonds. The van der Waals surface area contributed by atoms with Crippen molar-refractivity contribution in [2.24, 2.45) is 0 Å². The zero-order valence-electron chi connectivity index (χ0n) is 23.3. The van der Waals surface area contributed by atoms with Crippen LogP contribution in [0.3, 0.4) is 0 Å². The second-order valence-corrected chi connectivity index (χ2v) is 10.6. The summed E-state index contributed by atoms with van der Waals surface area (Å²) in [4.78, 5) is 35.1. The van der Waals surface area contributed by atoms with Crippen LogP contribution in [-0.2, 0) is 24.2 Å². The van der Waals surface area contributed by atoms with E-state index in [0.29, 0.717) is 36.9 Å². The van der Waals surface area contributed by atoms with E-state index in [9.17, 15) is 9.59 Å². The predicted octanol–water partition coefficient (Wildman–Crippen LogP) is 6.33. The number of methoxy groups -OCH3 is 1. The van der Waals surface area contributed by atoms with Crippen LogP contribution in [0.15, 0.2) is 84.2 Å². The van der Waals surface area contributed by atoms with Gasteiger partial charge >= 0.3 is 6.03 Å². The highest BCUT2D eigenvalue weighted by Gasteiger charge is 2.22. The molecule has 0 aliphatic rings. The molecule has 4 rings (SSSR count). The zero-order chi connectivity index (χ0) is 28.3. The normalized spacial score (nSPS) is 10.8. The van der Waals surface area contributed by atoms with Gasteiger partial charge in [0.2, 0.25) is 0 Å². The van der Waals surface area contributed by atoms with E-state index in [1.54, 1.807) is 17.4 Å². The number of ether oxygens (including phenoxy) is 1. The molecule has 1 N–H and O–H groups in total. The van der Waals surface area contributed by atoms with Crippen molar-refractivity contribution in [1.82, 2.24) is 14.8 Å². The number of benzene rings is 3. The Morgan fingerprint density at radius 1 is 0.825 bits per heavy atom. The molecule has 0 saturated heterocycles. The summed E-state index contributed by atoms with van der Waals surface area (Å²) in [5.41, 5.74) is 5.43. The molecule has 4 aromatic rings. The fourth-order valence-corrected chi connectivity index (χ4v) is 5.21. The van der Waals surface area contributed by atoms with Gasteiger partial charge in [0.25, 0.3) is 5.91 Å². The number of hydrogen-bond donors (Lipinski definition) is 1. The van der Waals surface area contributed by atoms with Crippen LogP contribution in [0.5, 0.6) is 0 Å². The molecule has 1 heterocycles. The number of carbonyl (C=O) groups excluding carboxylic acids is 2. The second kappa shape index (κ2) is 14.4. The maximum absolute atomic E-state index is 13.6. The lowest BCUT2D eigenvalue weighted by Gasteiger charge is -2.23. The molecule has 0 spiro atoms. The van der Waals surface area contributed by atoms with Gasteiger partial charge in [-0.1, -0.05) is 78.9 Å². The first-order chi connectivity index (χ1) is 19.4. The number of carbonyl (C=O) groups is 2. The molecule has 7 nitrogen and oxygen atoms in total. The second-order valence-electron chi connectivity index (χ2n) is 9.69. The highest BCUT2D eigenvalue weighted by Crippen LogP contribution is 2.21. The summed E-state index contributed by atoms with van der Waals surface area (Å²) < 4.78 is 5.25. The van der Waals surface area contributed by atoms with Gasteiger partial charge in [0.05, 0.1) is 13.2 Å². The molecular weight excluding hydrogens is 520 g/mol. The van der Waals surface area contributed by atoms with E-state index in [0.717, 1.165) is 28.8 Å². The molecule has 0 atom stereocenters. The molecule has 3 aromatic carbocycles. The number of aryl methyl sites for hydroxylation is 2. The average molecular weight is 557 g/mol. The van der Waals surface area contributed by atoms with E-state index in [1.165, 1.54) is 16.9 Å². The maximum atomic E-state index is 13.6. The summed E-state index contributed by atoms with van der Waals surface area (Å²) in [6, 6.07) is 25.8. The quantitative estimate of drug-likeness (QED) is 0.221. The molecule has 8 heteroatoms. The van der Waals surface area contributed by atoms with Crippen LogP contribution in [0.25, 0.3) is 0 Å². The Balaban J connectivity index is 1.48. The highest BCUT2D eigenvalue weighted by atomic mass is 32.1. The Kier molecular flexibility index (Phi) is 10.4. The van der Waals surface area contributed by atoms with Gasteiger partial charge in [-0.15, -0.1) is 11.3 Å². The Morgan fingerprint density at radius 2 is 1.48 bits per heavy atom. The van der Waals surface area contributed by atoms with Gasteiger partial charge in [-0.05, 0) is 42.5 Å². The first-order valence-electron chi connectivity index (χ1n) is 13.4. The van der Waals surface area contributed by atoms with Crippen molar-refractivity contribution in [1.29, 1.82) is 0 Å². The summed E-state index contributed by atoms with van der Waals surface area (Å²) in [5, 5.41) is 5.53. The average Bonchev–Trinajstić information content (AvgIpc) is 3.44. The molecule has 0 fully saturated rings. The smallest absolute Gasteiger partial charge is 0.322 e. The van der Waals surface area contributed by atoms with Crippen molar-refractivity contribution in [3.63, 3.8) is 0 Å². The van der Waals surface area contributed by atoms with Crippen molar-refractivity contribution in [3.8, 4) is 0 Å². The number of para-hydroxylation sites is 1. The number of amides is 3. The third-order valence-electron chi connectivity index (χ3n) is 6.68. The van der Waals surface area contributed by atoms with Crippen molar-refractivity contribution >= 4 is 29.0 Å². The third kappa shape index (κ3) is 8.00. The molecule has 0 unspecified atom stereocenters. The van der Waals surface area contributed by atoms with E-state index >= 15 is 0 Å². The first kappa shape index (κ1) is 29.0. The number of aromatic nitrogens is 1. The van der Waals surface area contributed by atoms with Gasteiger partial charge in [-0.3, -0.25) is 4.79 Å². The topological polar surface area (TPSA) is 74.8 Å². The molecule has 208 valence electrons. The molecule has 0 saturated carbocycles. The standard InChI is InChI=1S/C32H36N4O3S/c1-24-11-10-12-25(2)30(24)34-32(38)36(19-20-39-3)22-29-33-28(23-40-29)31(37)35(21-27-15-8-5-9-16-27)18-17-26-13-6-4-7-14-26/h4-16,23H,17-22H2,1-3H3,(H,34,38). The van der Waals surface area contributed by atoms with Gasteiger partial charge in [-0.2, -0.15) is 0 Å². The number of nitrogens with one attached hydrogen (secondary N) is 1. The first-order valence-corrected chi connectivity index (χ1v) is 14.2. The SMILES string of the molecule is COCCN(Cc1nc(C(=O)N(CCc2ccccc2)Cc2ccccc2)cs1)C(=O)Nc1c(C)cccc1C. The highest BCUT2D eigenvalue weighted by molar-refractivity contribution is 7.09. The number of nitrogens with zero attached hydrogens (tertiary/aromatic N) is 3. The van der Waals surface area contributed by atoms with Gasteiger partial charge < -0.3 is 19.9 Å². The maximum Gasteiger partial charge on any atom is 0.322 e. The van der Waals surface area contributed by atoms with E-state index in [4.69, 9.17) is 4.74 Å². The minimum absolute atomic E-state index is 0.120. The predicted molar refractivity (Wildman–Crippen MR) is 161 cm³/mol. The fraction of sp³-hybridized carbons (Fsp3) is 0.281. The lowest BCUT2D eigenvalue weighted by atomic mass is 10.1. The van der Waals surface area contributed by atoms with Crippen molar-refractivity contribution < 1.29 is 14.3 Å². The molecule has 40 heavy (non-hydrogen) atoms. The summed E-state index contributed by atoms with van der Waals surface area (Å²) in [5.74, 6) is -0.120. The van der Waals surface area contributed by atoms with Crippen LogP contribution in [0.2, 0.25) is 0 Å². The summed E-state index contributed by atoms with van der Waals surface area (Å²) in [7, 11) is 1.61. The zero-order valence-corrected chi connectivity index (χ0v) is 24.1. The van der Waals surface area contributed by atoms with Crippen LogP contribution < -0.4 is 5.32 Å². The van der Waals surface area contributed by atoms with Gasteiger partial charge in [0, 0.05) is 37.8 Å². The van der Waals surface area contributed by atoms with Crippen molar-refractivity contribution in [2.45, 2.75) is 33.4 Å². The van der Waals surface area contributed by atoms with Crippen molar-refractivity contribution in [2.75, 3.05) is 32.1 Å². The summed E-state index contributed by atoms with van der Waals surface area (Å²) >= 11 is 1.39. The number of anilines is 1. The lowest BCUT2D eigenvalue weighted by molar-refractivity contribution is 0.0739. The molecule has 1 aromatic heterocycles. The lowest BCUT2D eigenvalue weighted by Crippen LogP contribution is -2.37. The van der Waals surface area contributed by atoms with Crippen LogP contribution >= 0.6 is 11.3 Å².